The number of ketones is 1. The van der Waals surface area contributed by atoms with Crippen LogP contribution in [0, 0.1) is 5.92 Å². The van der Waals surface area contributed by atoms with E-state index in [0.29, 0.717) is 24.7 Å². The Balaban J connectivity index is 1.53. The van der Waals surface area contributed by atoms with Gasteiger partial charge in [0, 0.05) is 18.2 Å². The fraction of sp³-hybridized carbons (Fsp3) is 0.600. The van der Waals surface area contributed by atoms with Crippen LogP contribution in [-0.4, -0.2) is 48.0 Å². The van der Waals surface area contributed by atoms with E-state index in [0.717, 1.165) is 31.4 Å². The van der Waals surface area contributed by atoms with E-state index in [2.05, 4.69) is 0 Å². The van der Waals surface area contributed by atoms with Crippen LogP contribution in [0.1, 0.15) is 38.5 Å². The first kappa shape index (κ1) is 19.1. The van der Waals surface area contributed by atoms with Crippen molar-refractivity contribution < 1.29 is 19.1 Å². The highest BCUT2D eigenvalue weighted by Gasteiger charge is 2.32. The lowest BCUT2D eigenvalue weighted by Crippen LogP contribution is -2.39. The van der Waals surface area contributed by atoms with Crippen molar-refractivity contribution >= 4 is 23.5 Å². The van der Waals surface area contributed by atoms with Crippen LogP contribution in [-0.2, 0) is 9.59 Å². The molecule has 26 heavy (non-hydrogen) atoms. The fourth-order valence-electron chi connectivity index (χ4n) is 3.66. The highest BCUT2D eigenvalue weighted by atomic mass is 32.2. The van der Waals surface area contributed by atoms with Crippen LogP contribution in [0.3, 0.4) is 0 Å². The van der Waals surface area contributed by atoms with Gasteiger partial charge in [-0.15, -0.1) is 11.8 Å². The molecule has 1 atom stereocenters. The van der Waals surface area contributed by atoms with Crippen molar-refractivity contribution in [3.05, 3.63) is 24.3 Å². The first-order chi connectivity index (χ1) is 12.7. The van der Waals surface area contributed by atoms with Crippen LogP contribution in [0.15, 0.2) is 24.3 Å². The fourth-order valence-corrected chi connectivity index (χ4v) is 4.80. The van der Waals surface area contributed by atoms with Crippen molar-refractivity contribution in [2.45, 2.75) is 43.9 Å². The molecule has 1 aliphatic heterocycles. The molecule has 3 rings (SSSR count). The molecule has 1 heterocycles. The Morgan fingerprint density at radius 3 is 2.62 bits per heavy atom. The number of ether oxygens (including phenoxy) is 2. The molecule has 0 aromatic heterocycles. The summed E-state index contributed by atoms with van der Waals surface area (Å²) in [6.45, 7) is 1.08. The van der Waals surface area contributed by atoms with E-state index in [-0.39, 0.29) is 29.4 Å². The summed E-state index contributed by atoms with van der Waals surface area (Å²) in [7, 11) is 1.61. The summed E-state index contributed by atoms with van der Waals surface area (Å²) in [5.41, 5.74) is 0. The lowest BCUT2D eigenvalue weighted by atomic mass is 9.85. The summed E-state index contributed by atoms with van der Waals surface area (Å²) in [6, 6.07) is 7.49. The smallest absolute Gasteiger partial charge is 0.231 e. The van der Waals surface area contributed by atoms with Gasteiger partial charge in [0.15, 0.2) is 11.5 Å². The van der Waals surface area contributed by atoms with Gasteiger partial charge in [0.05, 0.1) is 13.5 Å². The van der Waals surface area contributed by atoms with E-state index in [4.69, 9.17) is 9.47 Å². The molecule has 1 aliphatic carbocycles. The minimum absolute atomic E-state index is 0.0381. The second-order valence-corrected chi connectivity index (χ2v) is 8.14. The molecule has 0 radical (unpaired) electrons. The zero-order chi connectivity index (χ0) is 18.4. The number of thioether (sulfide) groups is 1. The summed E-state index contributed by atoms with van der Waals surface area (Å²) >= 11 is 1.70. The van der Waals surface area contributed by atoms with Gasteiger partial charge in [0.1, 0.15) is 17.8 Å². The number of para-hydroxylation sites is 2. The molecule has 1 aromatic carbocycles. The number of rotatable bonds is 7. The lowest BCUT2D eigenvalue weighted by molar-refractivity contribution is -0.137. The Hall–Kier alpha value is -1.69. The third-order valence-electron chi connectivity index (χ3n) is 5.15. The summed E-state index contributed by atoms with van der Waals surface area (Å²) in [5, 5.41) is -0.0495. The van der Waals surface area contributed by atoms with Crippen LogP contribution in [0.25, 0.3) is 0 Å². The normalized spacial score (nSPS) is 20.8. The highest BCUT2D eigenvalue weighted by molar-refractivity contribution is 8.00. The van der Waals surface area contributed by atoms with E-state index in [1.165, 1.54) is 6.42 Å². The topological polar surface area (TPSA) is 55.8 Å². The van der Waals surface area contributed by atoms with Crippen molar-refractivity contribution in [3.8, 4) is 11.5 Å². The molecule has 1 unspecified atom stereocenters. The average molecular weight is 378 g/mol. The monoisotopic (exact) mass is 377 g/mol. The first-order valence-corrected chi connectivity index (χ1v) is 10.4. The van der Waals surface area contributed by atoms with Gasteiger partial charge in [-0.3, -0.25) is 9.59 Å². The molecule has 2 aliphatic rings. The quantitative estimate of drug-likeness (QED) is 0.681. The highest BCUT2D eigenvalue weighted by Crippen LogP contribution is 2.30. The largest absolute Gasteiger partial charge is 0.493 e. The SMILES string of the molecule is COc1ccccc1OCC1SCCN1C(=O)CC(=O)C1CCCCC1. The molecule has 0 bridgehead atoms. The third-order valence-corrected chi connectivity index (χ3v) is 6.34. The number of benzene rings is 1. The van der Waals surface area contributed by atoms with Crippen molar-refractivity contribution in [3.63, 3.8) is 0 Å². The van der Waals surface area contributed by atoms with Crippen LogP contribution in [0.5, 0.6) is 11.5 Å². The Labute approximate surface area is 159 Å². The third kappa shape index (κ3) is 4.72. The molecular weight excluding hydrogens is 350 g/mol. The van der Waals surface area contributed by atoms with Gasteiger partial charge in [-0.05, 0) is 25.0 Å². The minimum atomic E-state index is -0.0563. The second kappa shape index (κ2) is 9.31. The zero-order valence-corrected chi connectivity index (χ0v) is 16.1. The summed E-state index contributed by atoms with van der Waals surface area (Å²) in [4.78, 5) is 26.9. The van der Waals surface area contributed by atoms with Crippen LogP contribution in [0.2, 0.25) is 0 Å². The van der Waals surface area contributed by atoms with Gasteiger partial charge in [0.2, 0.25) is 5.91 Å². The standard InChI is InChI=1S/C20H27NO4S/c1-24-17-9-5-6-10-18(17)25-14-20-21(11-12-26-20)19(23)13-16(22)15-7-3-2-4-8-15/h5-6,9-10,15,20H,2-4,7-8,11-14H2,1H3. The lowest BCUT2D eigenvalue weighted by Gasteiger charge is -2.25. The molecule has 2 fully saturated rings. The number of Topliss-reactive ketones (excluding diaryl/α,β-unsaturated/α-hetero) is 1. The van der Waals surface area contributed by atoms with Gasteiger partial charge in [-0.2, -0.15) is 0 Å². The van der Waals surface area contributed by atoms with Gasteiger partial charge in [0.25, 0.3) is 0 Å². The number of methoxy groups -OCH3 is 1. The predicted molar refractivity (Wildman–Crippen MR) is 103 cm³/mol. The Bertz CT molecular complexity index is 630. The number of hydrogen-bond acceptors (Lipinski definition) is 5. The molecule has 0 N–H and O–H groups in total. The van der Waals surface area contributed by atoms with Gasteiger partial charge >= 0.3 is 0 Å². The Morgan fingerprint density at radius 1 is 1.15 bits per heavy atom. The first-order valence-electron chi connectivity index (χ1n) is 9.38. The van der Waals surface area contributed by atoms with Gasteiger partial charge < -0.3 is 14.4 Å². The molecule has 0 spiro atoms. The molecule has 1 amide bonds. The minimum Gasteiger partial charge on any atom is -0.493 e. The Kier molecular flexibility index (Phi) is 6.83. The van der Waals surface area contributed by atoms with Crippen molar-refractivity contribution in [1.82, 2.24) is 4.90 Å². The number of carbonyl (C=O) groups is 2. The zero-order valence-electron chi connectivity index (χ0n) is 15.3. The van der Waals surface area contributed by atoms with Crippen molar-refractivity contribution in [1.29, 1.82) is 0 Å². The maximum atomic E-state index is 12.7. The predicted octanol–water partition coefficient (Wildman–Crippen LogP) is 3.52. The van der Waals surface area contributed by atoms with Crippen molar-refractivity contribution in [2.24, 2.45) is 5.92 Å². The van der Waals surface area contributed by atoms with E-state index < -0.39 is 0 Å². The molecule has 1 saturated heterocycles. The second-order valence-electron chi connectivity index (χ2n) is 6.85. The molecule has 6 heteroatoms. The molecule has 142 valence electrons. The Morgan fingerprint density at radius 2 is 1.88 bits per heavy atom. The average Bonchev–Trinajstić information content (AvgIpc) is 3.16. The van der Waals surface area contributed by atoms with E-state index in [9.17, 15) is 9.59 Å². The van der Waals surface area contributed by atoms with E-state index in [1.54, 1.807) is 23.8 Å². The van der Waals surface area contributed by atoms with Crippen LogP contribution >= 0.6 is 11.8 Å². The van der Waals surface area contributed by atoms with Gasteiger partial charge in [-0.1, -0.05) is 31.4 Å². The molecule has 1 saturated carbocycles. The number of amides is 1. The number of hydrogen-bond donors (Lipinski definition) is 0. The molecule has 5 nitrogen and oxygen atoms in total. The number of carbonyl (C=O) groups excluding carboxylic acids is 2. The maximum absolute atomic E-state index is 12.7. The molecular formula is C20H27NO4S. The summed E-state index contributed by atoms with van der Waals surface area (Å²) in [5.74, 6) is 2.39. The molecule has 1 aromatic rings. The van der Waals surface area contributed by atoms with Crippen molar-refractivity contribution in [2.75, 3.05) is 26.0 Å². The van der Waals surface area contributed by atoms with E-state index in [1.807, 2.05) is 24.3 Å². The maximum Gasteiger partial charge on any atom is 0.231 e. The summed E-state index contributed by atoms with van der Waals surface area (Å²) < 4.78 is 11.2. The number of nitrogens with zero attached hydrogens (tertiary/aromatic N) is 1. The summed E-state index contributed by atoms with van der Waals surface area (Å²) in [6.07, 6.45) is 5.36. The van der Waals surface area contributed by atoms with E-state index >= 15 is 0 Å². The van der Waals surface area contributed by atoms with Crippen LogP contribution < -0.4 is 9.47 Å². The van der Waals surface area contributed by atoms with Gasteiger partial charge in [-0.25, -0.2) is 0 Å². The van der Waals surface area contributed by atoms with Crippen LogP contribution in [0.4, 0.5) is 0 Å².